The number of hydrogen-bond donors (Lipinski definition) is 2. The Bertz CT molecular complexity index is 453. The van der Waals surface area contributed by atoms with Crippen LogP contribution in [-0.2, 0) is 16.1 Å². The molecule has 2 N–H and O–H groups in total. The fourth-order valence-corrected chi connectivity index (χ4v) is 1.92. The predicted octanol–water partition coefficient (Wildman–Crippen LogP) is 0.419. The molecule has 1 aliphatic rings. The first kappa shape index (κ1) is 12.3. The second-order valence-corrected chi connectivity index (χ2v) is 4.26. The molecule has 1 amide bonds. The van der Waals surface area contributed by atoms with Gasteiger partial charge in [0.1, 0.15) is 0 Å². The third kappa shape index (κ3) is 3.19. The van der Waals surface area contributed by atoms with Crippen LogP contribution in [0.15, 0.2) is 30.6 Å². The molecule has 0 saturated heterocycles. The number of carbonyl (C=O) groups excluding carboxylic acids is 1. The SMILES string of the molecule is O=C(CCn1cccn1)NC1C=CC(C(=O)O)C1. The molecular weight excluding hydrogens is 234 g/mol. The molecule has 0 saturated carbocycles. The third-order valence-corrected chi connectivity index (χ3v) is 2.87. The molecule has 0 fully saturated rings. The molecule has 0 bridgehead atoms. The van der Waals surface area contributed by atoms with Gasteiger partial charge in [-0.05, 0) is 12.5 Å². The minimum absolute atomic E-state index is 0.0915. The van der Waals surface area contributed by atoms with Gasteiger partial charge in [0.05, 0.1) is 5.92 Å². The van der Waals surface area contributed by atoms with Gasteiger partial charge in [-0.3, -0.25) is 14.3 Å². The summed E-state index contributed by atoms with van der Waals surface area (Å²) >= 11 is 0. The van der Waals surface area contributed by atoms with E-state index in [0.29, 0.717) is 19.4 Å². The van der Waals surface area contributed by atoms with Gasteiger partial charge in [0, 0.05) is 31.4 Å². The van der Waals surface area contributed by atoms with E-state index in [1.807, 2.05) is 0 Å². The number of aryl methyl sites for hydroxylation is 1. The van der Waals surface area contributed by atoms with Crippen LogP contribution in [0.2, 0.25) is 0 Å². The number of hydrogen-bond acceptors (Lipinski definition) is 3. The topological polar surface area (TPSA) is 84.2 Å². The number of aliphatic carboxylic acids is 1. The van der Waals surface area contributed by atoms with Gasteiger partial charge in [0.25, 0.3) is 0 Å². The van der Waals surface area contributed by atoms with Gasteiger partial charge in [-0.1, -0.05) is 12.2 Å². The van der Waals surface area contributed by atoms with Crippen molar-refractivity contribution in [3.05, 3.63) is 30.6 Å². The van der Waals surface area contributed by atoms with Crippen LogP contribution in [0.25, 0.3) is 0 Å². The number of amides is 1. The van der Waals surface area contributed by atoms with Crippen LogP contribution in [0, 0.1) is 5.92 Å². The highest BCUT2D eigenvalue weighted by Crippen LogP contribution is 2.17. The molecule has 1 heterocycles. The van der Waals surface area contributed by atoms with Crippen molar-refractivity contribution in [1.82, 2.24) is 15.1 Å². The Morgan fingerprint density at radius 1 is 1.44 bits per heavy atom. The van der Waals surface area contributed by atoms with Gasteiger partial charge in [-0.2, -0.15) is 5.10 Å². The summed E-state index contributed by atoms with van der Waals surface area (Å²) < 4.78 is 1.68. The first-order valence-corrected chi connectivity index (χ1v) is 5.83. The maximum absolute atomic E-state index is 11.6. The summed E-state index contributed by atoms with van der Waals surface area (Å²) in [4.78, 5) is 22.4. The van der Waals surface area contributed by atoms with Gasteiger partial charge in [-0.15, -0.1) is 0 Å². The molecule has 1 aromatic rings. The molecule has 0 aliphatic heterocycles. The molecule has 0 radical (unpaired) electrons. The lowest BCUT2D eigenvalue weighted by Crippen LogP contribution is -2.33. The van der Waals surface area contributed by atoms with E-state index in [9.17, 15) is 9.59 Å². The second kappa shape index (κ2) is 5.48. The van der Waals surface area contributed by atoms with E-state index in [1.165, 1.54) is 0 Å². The minimum Gasteiger partial charge on any atom is -0.481 e. The molecule has 2 rings (SSSR count). The molecule has 2 unspecified atom stereocenters. The lowest BCUT2D eigenvalue weighted by Gasteiger charge is -2.12. The molecular formula is C12H15N3O3. The fourth-order valence-electron chi connectivity index (χ4n) is 1.92. The summed E-state index contributed by atoms with van der Waals surface area (Å²) in [5, 5.41) is 15.6. The van der Waals surface area contributed by atoms with Crippen molar-refractivity contribution >= 4 is 11.9 Å². The fraction of sp³-hybridized carbons (Fsp3) is 0.417. The van der Waals surface area contributed by atoms with Gasteiger partial charge in [0.2, 0.25) is 5.91 Å². The van der Waals surface area contributed by atoms with Crippen molar-refractivity contribution in [3.8, 4) is 0 Å². The summed E-state index contributed by atoms with van der Waals surface area (Å²) in [6.07, 6.45) is 7.59. The quantitative estimate of drug-likeness (QED) is 0.741. The van der Waals surface area contributed by atoms with Gasteiger partial charge >= 0.3 is 5.97 Å². The molecule has 6 nitrogen and oxygen atoms in total. The average Bonchev–Trinajstić information content (AvgIpc) is 2.96. The number of nitrogens with one attached hydrogen (secondary N) is 1. The summed E-state index contributed by atoms with van der Waals surface area (Å²) in [6, 6.07) is 1.63. The van der Waals surface area contributed by atoms with E-state index >= 15 is 0 Å². The number of carboxylic acid groups (broad SMARTS) is 1. The van der Waals surface area contributed by atoms with E-state index in [0.717, 1.165) is 0 Å². The molecule has 0 spiro atoms. The maximum atomic E-state index is 11.6. The summed E-state index contributed by atoms with van der Waals surface area (Å²) in [5.74, 6) is -1.42. The number of carboxylic acids is 1. The zero-order chi connectivity index (χ0) is 13.0. The van der Waals surface area contributed by atoms with Crippen molar-refractivity contribution < 1.29 is 14.7 Å². The first-order chi connectivity index (χ1) is 8.65. The van der Waals surface area contributed by atoms with Crippen LogP contribution in [-0.4, -0.2) is 32.8 Å². The number of nitrogens with zero attached hydrogens (tertiary/aromatic N) is 2. The van der Waals surface area contributed by atoms with E-state index in [4.69, 9.17) is 5.11 Å². The Morgan fingerprint density at radius 3 is 2.89 bits per heavy atom. The Kier molecular flexibility index (Phi) is 3.76. The number of carbonyl (C=O) groups is 2. The minimum atomic E-state index is -0.848. The van der Waals surface area contributed by atoms with Gasteiger partial charge in [-0.25, -0.2) is 0 Å². The summed E-state index contributed by atoms with van der Waals surface area (Å²) in [6.45, 7) is 0.525. The van der Waals surface area contributed by atoms with E-state index < -0.39 is 11.9 Å². The molecule has 96 valence electrons. The zero-order valence-corrected chi connectivity index (χ0v) is 9.82. The number of rotatable bonds is 5. The Balaban J connectivity index is 1.72. The van der Waals surface area contributed by atoms with E-state index in [-0.39, 0.29) is 11.9 Å². The molecule has 2 atom stereocenters. The summed E-state index contributed by atoms with van der Waals surface area (Å²) in [5.41, 5.74) is 0. The van der Waals surface area contributed by atoms with Crippen LogP contribution >= 0.6 is 0 Å². The van der Waals surface area contributed by atoms with Crippen LogP contribution in [0.5, 0.6) is 0 Å². The average molecular weight is 249 g/mol. The summed E-state index contributed by atoms with van der Waals surface area (Å²) in [7, 11) is 0. The zero-order valence-electron chi connectivity index (χ0n) is 9.82. The highest BCUT2D eigenvalue weighted by atomic mass is 16.4. The normalized spacial score (nSPS) is 22.0. The van der Waals surface area contributed by atoms with Crippen molar-refractivity contribution in [2.75, 3.05) is 0 Å². The van der Waals surface area contributed by atoms with Gasteiger partial charge in [0.15, 0.2) is 0 Å². The highest BCUT2D eigenvalue weighted by molar-refractivity contribution is 5.77. The lowest BCUT2D eigenvalue weighted by molar-refractivity contribution is -0.140. The molecule has 0 aromatic carbocycles. The smallest absolute Gasteiger partial charge is 0.310 e. The Hall–Kier alpha value is -2.11. The van der Waals surface area contributed by atoms with Crippen LogP contribution in [0.1, 0.15) is 12.8 Å². The van der Waals surface area contributed by atoms with Gasteiger partial charge < -0.3 is 10.4 Å². The van der Waals surface area contributed by atoms with Crippen molar-refractivity contribution in [2.45, 2.75) is 25.4 Å². The standard InChI is InChI=1S/C12H15N3O3/c16-11(4-7-15-6-1-5-13-15)14-10-3-2-9(8-10)12(17)18/h1-3,5-6,9-10H,4,7-8H2,(H,14,16)(H,17,18). The maximum Gasteiger partial charge on any atom is 0.310 e. The van der Waals surface area contributed by atoms with Crippen LogP contribution in [0.3, 0.4) is 0 Å². The molecule has 6 heteroatoms. The molecule has 1 aromatic heterocycles. The number of aromatic nitrogens is 2. The monoisotopic (exact) mass is 249 g/mol. The van der Waals surface area contributed by atoms with Crippen LogP contribution < -0.4 is 5.32 Å². The predicted molar refractivity (Wildman–Crippen MR) is 63.7 cm³/mol. The molecule has 18 heavy (non-hydrogen) atoms. The third-order valence-electron chi connectivity index (χ3n) is 2.87. The Labute approximate surface area is 104 Å². The Morgan fingerprint density at radius 2 is 2.28 bits per heavy atom. The van der Waals surface area contributed by atoms with E-state index in [2.05, 4.69) is 10.4 Å². The molecule has 1 aliphatic carbocycles. The van der Waals surface area contributed by atoms with Crippen molar-refractivity contribution in [1.29, 1.82) is 0 Å². The first-order valence-electron chi connectivity index (χ1n) is 5.83. The van der Waals surface area contributed by atoms with Crippen molar-refractivity contribution in [2.24, 2.45) is 5.92 Å². The van der Waals surface area contributed by atoms with Crippen molar-refractivity contribution in [3.63, 3.8) is 0 Å². The second-order valence-electron chi connectivity index (χ2n) is 4.26. The van der Waals surface area contributed by atoms with Crippen LogP contribution in [0.4, 0.5) is 0 Å². The highest BCUT2D eigenvalue weighted by Gasteiger charge is 2.25. The largest absolute Gasteiger partial charge is 0.481 e. The van der Waals surface area contributed by atoms with E-state index in [1.54, 1.807) is 35.3 Å². The lowest BCUT2D eigenvalue weighted by atomic mass is 10.1.